The molecule has 0 saturated carbocycles. The molecule has 108 valence electrons. The van der Waals surface area contributed by atoms with Crippen molar-refractivity contribution in [1.29, 1.82) is 0 Å². The molecule has 0 aliphatic rings. The maximum atomic E-state index is 12.7. The molecule has 1 aromatic heterocycles. The minimum Gasteiger partial charge on any atom is -0.396 e. The van der Waals surface area contributed by atoms with Crippen LogP contribution >= 0.6 is 0 Å². The summed E-state index contributed by atoms with van der Waals surface area (Å²) in [6.07, 6.45) is 4.58. The zero-order chi connectivity index (χ0) is 14.4. The van der Waals surface area contributed by atoms with Gasteiger partial charge in [-0.05, 0) is 26.7 Å². The van der Waals surface area contributed by atoms with Gasteiger partial charge in [-0.1, -0.05) is 20.3 Å². The lowest BCUT2D eigenvalue weighted by Gasteiger charge is -2.29. The monoisotopic (exact) mass is 266 g/mol. The van der Waals surface area contributed by atoms with Gasteiger partial charge in [-0.3, -0.25) is 9.48 Å². The molecule has 1 rings (SSSR count). The van der Waals surface area contributed by atoms with E-state index in [1.807, 2.05) is 11.8 Å². The van der Waals surface area contributed by atoms with Crippen LogP contribution in [-0.4, -0.2) is 33.2 Å². The molecule has 0 saturated heterocycles. The molecule has 5 nitrogen and oxygen atoms in total. The molecule has 0 aliphatic carbocycles. The fourth-order valence-corrected chi connectivity index (χ4v) is 2.08. The van der Waals surface area contributed by atoms with Crippen LogP contribution in [0.4, 0.5) is 5.69 Å². The van der Waals surface area contributed by atoms with Gasteiger partial charge in [0.2, 0.25) is 0 Å². The molecule has 0 spiro atoms. The Morgan fingerprint density at radius 3 is 2.68 bits per heavy atom. The summed E-state index contributed by atoms with van der Waals surface area (Å²) in [6.45, 7) is 9.69. The number of nitrogens with zero attached hydrogens (tertiary/aromatic N) is 3. The lowest BCUT2D eigenvalue weighted by molar-refractivity contribution is 0.0673. The average molecular weight is 266 g/mol. The molecule has 19 heavy (non-hydrogen) atoms. The van der Waals surface area contributed by atoms with Gasteiger partial charge in [-0.25, -0.2) is 0 Å². The summed E-state index contributed by atoms with van der Waals surface area (Å²) in [5, 5.41) is 4.15. The van der Waals surface area contributed by atoms with Gasteiger partial charge in [0.15, 0.2) is 0 Å². The number of aromatic nitrogens is 2. The average Bonchev–Trinajstić information content (AvgIpc) is 2.79. The van der Waals surface area contributed by atoms with Crippen molar-refractivity contribution in [2.75, 3.05) is 12.3 Å². The summed E-state index contributed by atoms with van der Waals surface area (Å²) in [6, 6.07) is 0.221. The zero-order valence-corrected chi connectivity index (χ0v) is 12.5. The van der Waals surface area contributed by atoms with Crippen LogP contribution in [0.3, 0.4) is 0 Å². The molecule has 0 bridgehead atoms. The fraction of sp³-hybridized carbons (Fsp3) is 0.714. The smallest absolute Gasteiger partial charge is 0.274 e. The third-order valence-corrected chi connectivity index (χ3v) is 3.51. The van der Waals surface area contributed by atoms with Gasteiger partial charge >= 0.3 is 0 Å². The molecule has 1 amide bonds. The zero-order valence-electron chi connectivity index (χ0n) is 12.5. The molecule has 1 atom stereocenters. The number of rotatable bonds is 7. The van der Waals surface area contributed by atoms with Crippen molar-refractivity contribution < 1.29 is 4.79 Å². The number of anilines is 1. The van der Waals surface area contributed by atoms with Crippen LogP contribution in [-0.2, 0) is 6.54 Å². The van der Waals surface area contributed by atoms with E-state index in [0.29, 0.717) is 17.9 Å². The Morgan fingerprint density at radius 1 is 1.47 bits per heavy atom. The largest absolute Gasteiger partial charge is 0.396 e. The van der Waals surface area contributed by atoms with E-state index in [-0.39, 0.29) is 11.9 Å². The van der Waals surface area contributed by atoms with E-state index in [9.17, 15) is 4.79 Å². The quantitative estimate of drug-likeness (QED) is 0.824. The number of nitrogen functional groups attached to an aromatic ring is 1. The summed E-state index contributed by atoms with van der Waals surface area (Å²) in [5.74, 6) is -0.000324. The molecular formula is C14H26N4O. The van der Waals surface area contributed by atoms with E-state index in [4.69, 9.17) is 5.73 Å². The second-order valence-corrected chi connectivity index (χ2v) is 4.87. The van der Waals surface area contributed by atoms with Crippen LogP contribution < -0.4 is 5.73 Å². The van der Waals surface area contributed by atoms with Gasteiger partial charge in [0.1, 0.15) is 5.69 Å². The van der Waals surface area contributed by atoms with Crippen molar-refractivity contribution in [1.82, 2.24) is 14.7 Å². The summed E-state index contributed by atoms with van der Waals surface area (Å²) in [7, 11) is 0. The Hall–Kier alpha value is -1.52. The van der Waals surface area contributed by atoms with E-state index >= 15 is 0 Å². The highest BCUT2D eigenvalue weighted by Gasteiger charge is 2.25. The van der Waals surface area contributed by atoms with Crippen LogP contribution in [0, 0.1) is 0 Å². The molecule has 0 aliphatic heterocycles. The van der Waals surface area contributed by atoms with Crippen LogP contribution in [0.2, 0.25) is 0 Å². The van der Waals surface area contributed by atoms with Gasteiger partial charge < -0.3 is 10.6 Å². The highest BCUT2D eigenvalue weighted by molar-refractivity contribution is 5.97. The Bertz CT molecular complexity index is 414. The number of aryl methyl sites for hydroxylation is 1. The van der Waals surface area contributed by atoms with Crippen molar-refractivity contribution in [3.63, 3.8) is 0 Å². The third kappa shape index (κ3) is 3.49. The summed E-state index contributed by atoms with van der Waals surface area (Å²) >= 11 is 0. The standard InChI is InChI=1S/C14H26N4O/c1-5-8-9-17(11(4)6-2)14(19)13-12(15)10-16-18(13)7-3/h10-11H,5-9,15H2,1-4H3. The minimum absolute atomic E-state index is 0.000324. The second kappa shape index (κ2) is 7.16. The van der Waals surface area contributed by atoms with Gasteiger partial charge in [0.05, 0.1) is 11.9 Å². The van der Waals surface area contributed by atoms with E-state index in [2.05, 4.69) is 25.9 Å². The predicted molar refractivity (Wildman–Crippen MR) is 78.0 cm³/mol. The Morgan fingerprint density at radius 2 is 2.16 bits per heavy atom. The van der Waals surface area contributed by atoms with E-state index in [1.54, 1.807) is 10.9 Å². The topological polar surface area (TPSA) is 64.2 Å². The van der Waals surface area contributed by atoms with Crippen molar-refractivity contribution in [3.8, 4) is 0 Å². The second-order valence-electron chi connectivity index (χ2n) is 4.87. The molecule has 1 heterocycles. The van der Waals surface area contributed by atoms with Crippen molar-refractivity contribution in [3.05, 3.63) is 11.9 Å². The van der Waals surface area contributed by atoms with Crippen LogP contribution in [0.15, 0.2) is 6.20 Å². The molecule has 0 radical (unpaired) electrons. The highest BCUT2D eigenvalue weighted by Crippen LogP contribution is 2.17. The van der Waals surface area contributed by atoms with Crippen LogP contribution in [0.5, 0.6) is 0 Å². The van der Waals surface area contributed by atoms with Gasteiger partial charge in [-0.15, -0.1) is 0 Å². The number of nitrogens with two attached hydrogens (primary N) is 1. The maximum absolute atomic E-state index is 12.7. The Labute approximate surface area is 115 Å². The van der Waals surface area contributed by atoms with Gasteiger partial charge in [-0.2, -0.15) is 5.10 Å². The van der Waals surface area contributed by atoms with Crippen molar-refractivity contribution in [2.24, 2.45) is 0 Å². The number of hydrogen-bond acceptors (Lipinski definition) is 3. The highest BCUT2D eigenvalue weighted by atomic mass is 16.2. The van der Waals surface area contributed by atoms with Crippen LogP contribution in [0.25, 0.3) is 0 Å². The number of carbonyl (C=O) groups is 1. The Kier molecular flexibility index (Phi) is 5.86. The summed E-state index contributed by atoms with van der Waals surface area (Å²) in [4.78, 5) is 14.6. The summed E-state index contributed by atoms with van der Waals surface area (Å²) in [5.41, 5.74) is 6.89. The molecular weight excluding hydrogens is 240 g/mol. The van der Waals surface area contributed by atoms with Gasteiger partial charge in [0, 0.05) is 19.1 Å². The third-order valence-electron chi connectivity index (χ3n) is 3.51. The molecule has 5 heteroatoms. The Balaban J connectivity index is 3.00. The van der Waals surface area contributed by atoms with Crippen LogP contribution in [0.1, 0.15) is 57.4 Å². The predicted octanol–water partition coefficient (Wildman–Crippen LogP) is 2.53. The molecule has 1 unspecified atom stereocenters. The van der Waals surface area contributed by atoms with E-state index in [0.717, 1.165) is 25.8 Å². The normalized spacial score (nSPS) is 12.4. The van der Waals surface area contributed by atoms with Crippen molar-refractivity contribution in [2.45, 2.75) is 59.5 Å². The number of amides is 1. The minimum atomic E-state index is -0.000324. The lowest BCUT2D eigenvalue weighted by atomic mass is 10.1. The van der Waals surface area contributed by atoms with E-state index in [1.165, 1.54) is 0 Å². The number of carbonyl (C=O) groups excluding carboxylic acids is 1. The number of hydrogen-bond donors (Lipinski definition) is 1. The first-order valence-electron chi connectivity index (χ1n) is 7.18. The van der Waals surface area contributed by atoms with Crippen molar-refractivity contribution >= 4 is 11.6 Å². The summed E-state index contributed by atoms with van der Waals surface area (Å²) < 4.78 is 1.68. The first-order chi connectivity index (χ1) is 9.06. The van der Waals surface area contributed by atoms with Gasteiger partial charge in [0.25, 0.3) is 5.91 Å². The molecule has 2 N–H and O–H groups in total. The number of unbranched alkanes of at least 4 members (excludes halogenated alkanes) is 1. The SMILES string of the molecule is CCCCN(C(=O)c1c(N)cnn1CC)C(C)CC. The molecule has 0 aromatic carbocycles. The van der Waals surface area contributed by atoms with E-state index < -0.39 is 0 Å². The fourth-order valence-electron chi connectivity index (χ4n) is 2.08. The first-order valence-corrected chi connectivity index (χ1v) is 7.18. The maximum Gasteiger partial charge on any atom is 0.274 e. The molecule has 1 aromatic rings. The first kappa shape index (κ1) is 15.5. The lowest BCUT2D eigenvalue weighted by Crippen LogP contribution is -2.40. The molecule has 0 fully saturated rings.